The summed E-state index contributed by atoms with van der Waals surface area (Å²) in [5.74, 6) is 0.0658. The molecule has 1 aromatic rings. The van der Waals surface area contributed by atoms with Crippen molar-refractivity contribution in [2.24, 2.45) is 0 Å². The summed E-state index contributed by atoms with van der Waals surface area (Å²) in [7, 11) is 0. The highest BCUT2D eigenvalue weighted by atomic mass is 16.2. The molecule has 0 aliphatic carbocycles. The van der Waals surface area contributed by atoms with Crippen molar-refractivity contribution in [3.8, 4) is 0 Å². The number of rotatable bonds is 4. The first kappa shape index (κ1) is 17.3. The van der Waals surface area contributed by atoms with Crippen molar-refractivity contribution in [3.63, 3.8) is 0 Å². The van der Waals surface area contributed by atoms with Crippen molar-refractivity contribution in [3.05, 3.63) is 35.4 Å². The van der Waals surface area contributed by atoms with Gasteiger partial charge in [-0.1, -0.05) is 12.1 Å². The highest BCUT2D eigenvalue weighted by Gasteiger charge is 2.23. The molecule has 0 unspecified atom stereocenters. The zero-order valence-corrected chi connectivity index (χ0v) is 14.1. The quantitative estimate of drug-likeness (QED) is 0.784. The Balaban J connectivity index is 1.91. The van der Waals surface area contributed by atoms with Crippen molar-refractivity contribution in [1.82, 2.24) is 20.9 Å². The van der Waals surface area contributed by atoms with Gasteiger partial charge in [-0.25, -0.2) is 4.79 Å². The van der Waals surface area contributed by atoms with Crippen molar-refractivity contribution in [2.45, 2.75) is 39.4 Å². The maximum absolute atomic E-state index is 12.5. The molecule has 2 rings (SSSR count). The molecule has 1 saturated heterocycles. The molecule has 3 amide bonds. The van der Waals surface area contributed by atoms with Gasteiger partial charge in [0, 0.05) is 43.8 Å². The number of piperazine rings is 1. The zero-order chi connectivity index (χ0) is 16.8. The molecule has 126 valence electrons. The Morgan fingerprint density at radius 2 is 2.00 bits per heavy atom. The van der Waals surface area contributed by atoms with E-state index in [4.69, 9.17) is 0 Å². The molecule has 1 fully saturated rings. The third-order valence-electron chi connectivity index (χ3n) is 3.84. The normalized spacial score (nSPS) is 17.9. The van der Waals surface area contributed by atoms with E-state index in [1.807, 2.05) is 43.0 Å². The van der Waals surface area contributed by atoms with Gasteiger partial charge in [-0.2, -0.15) is 0 Å². The molecule has 23 heavy (non-hydrogen) atoms. The second-order valence-corrected chi connectivity index (χ2v) is 6.23. The number of nitrogens with zero attached hydrogens (tertiary/aromatic N) is 1. The van der Waals surface area contributed by atoms with E-state index in [0.29, 0.717) is 12.1 Å². The highest BCUT2D eigenvalue weighted by Crippen LogP contribution is 2.11. The number of hydrogen-bond acceptors (Lipinski definition) is 3. The van der Waals surface area contributed by atoms with E-state index in [1.54, 1.807) is 0 Å². The van der Waals surface area contributed by atoms with E-state index < -0.39 is 0 Å². The number of carbonyl (C=O) groups excluding carboxylic acids is 2. The second kappa shape index (κ2) is 7.97. The van der Waals surface area contributed by atoms with E-state index in [9.17, 15) is 9.59 Å². The van der Waals surface area contributed by atoms with Gasteiger partial charge < -0.3 is 20.9 Å². The Morgan fingerprint density at radius 1 is 1.30 bits per heavy atom. The van der Waals surface area contributed by atoms with Gasteiger partial charge in [0.05, 0.1) is 0 Å². The largest absolute Gasteiger partial charge is 0.336 e. The third kappa shape index (κ3) is 4.96. The molecule has 1 atom stereocenters. The second-order valence-electron chi connectivity index (χ2n) is 6.23. The standard InChI is InChI=1S/C17H26N4O2/c1-12(2)20-17(23)19-11-14-4-6-15(7-5-14)16(22)21-9-8-18-10-13(21)3/h4-7,12-13,18H,8-11H2,1-3H3,(H2,19,20,23)/t13-/m0/s1. The first-order valence-electron chi connectivity index (χ1n) is 8.12. The van der Waals surface area contributed by atoms with Crippen LogP contribution in [0.15, 0.2) is 24.3 Å². The number of hydrogen-bond donors (Lipinski definition) is 3. The van der Waals surface area contributed by atoms with Crippen LogP contribution in [0.2, 0.25) is 0 Å². The first-order chi connectivity index (χ1) is 11.0. The monoisotopic (exact) mass is 318 g/mol. The topological polar surface area (TPSA) is 73.5 Å². The van der Waals surface area contributed by atoms with Gasteiger partial charge in [0.2, 0.25) is 0 Å². The summed E-state index contributed by atoms with van der Waals surface area (Å²) >= 11 is 0. The summed E-state index contributed by atoms with van der Waals surface area (Å²) < 4.78 is 0. The molecular weight excluding hydrogens is 292 g/mol. The minimum absolute atomic E-state index is 0.0658. The van der Waals surface area contributed by atoms with Gasteiger partial charge in [0.25, 0.3) is 5.91 Å². The zero-order valence-electron chi connectivity index (χ0n) is 14.1. The Kier molecular flexibility index (Phi) is 5.98. The number of carbonyl (C=O) groups is 2. The lowest BCUT2D eigenvalue weighted by molar-refractivity contribution is 0.0655. The van der Waals surface area contributed by atoms with E-state index in [0.717, 1.165) is 25.2 Å². The molecule has 1 aliphatic rings. The molecule has 0 bridgehead atoms. The summed E-state index contributed by atoms with van der Waals surface area (Å²) in [4.78, 5) is 26.0. The van der Waals surface area contributed by atoms with Gasteiger partial charge in [-0.3, -0.25) is 4.79 Å². The number of amides is 3. The van der Waals surface area contributed by atoms with Crippen molar-refractivity contribution in [2.75, 3.05) is 19.6 Å². The van der Waals surface area contributed by atoms with Crippen molar-refractivity contribution < 1.29 is 9.59 Å². The van der Waals surface area contributed by atoms with Crippen LogP contribution in [0, 0.1) is 0 Å². The Hall–Kier alpha value is -2.08. The predicted molar refractivity (Wildman–Crippen MR) is 90.3 cm³/mol. The summed E-state index contributed by atoms with van der Waals surface area (Å²) in [6.45, 7) is 8.72. The maximum Gasteiger partial charge on any atom is 0.315 e. The number of urea groups is 1. The average Bonchev–Trinajstić information content (AvgIpc) is 2.53. The molecule has 1 heterocycles. The molecular formula is C17H26N4O2. The van der Waals surface area contributed by atoms with Gasteiger partial charge in [0.1, 0.15) is 0 Å². The molecule has 0 spiro atoms. The lowest BCUT2D eigenvalue weighted by atomic mass is 10.1. The SMILES string of the molecule is CC(C)NC(=O)NCc1ccc(C(=O)N2CCNC[C@@H]2C)cc1. The molecule has 0 radical (unpaired) electrons. The Morgan fingerprint density at radius 3 is 2.61 bits per heavy atom. The summed E-state index contributed by atoms with van der Waals surface area (Å²) in [6, 6.07) is 7.55. The maximum atomic E-state index is 12.5. The first-order valence-corrected chi connectivity index (χ1v) is 8.12. The van der Waals surface area contributed by atoms with Crippen LogP contribution in [0.3, 0.4) is 0 Å². The average molecular weight is 318 g/mol. The van der Waals surface area contributed by atoms with E-state index >= 15 is 0 Å². The number of nitrogens with one attached hydrogen (secondary N) is 3. The van der Waals surface area contributed by atoms with Crippen LogP contribution >= 0.6 is 0 Å². The van der Waals surface area contributed by atoms with Crippen LogP contribution in [-0.2, 0) is 6.54 Å². The number of benzene rings is 1. The molecule has 0 saturated carbocycles. The van der Waals surface area contributed by atoms with E-state index in [-0.39, 0.29) is 24.0 Å². The lowest BCUT2D eigenvalue weighted by Gasteiger charge is -2.34. The van der Waals surface area contributed by atoms with Crippen LogP contribution in [0.5, 0.6) is 0 Å². The van der Waals surface area contributed by atoms with Gasteiger partial charge in [0.15, 0.2) is 0 Å². The van der Waals surface area contributed by atoms with Crippen LogP contribution < -0.4 is 16.0 Å². The van der Waals surface area contributed by atoms with Gasteiger partial charge in [-0.15, -0.1) is 0 Å². The molecule has 0 aromatic heterocycles. The predicted octanol–water partition coefficient (Wildman–Crippen LogP) is 1.33. The van der Waals surface area contributed by atoms with Crippen LogP contribution in [0.25, 0.3) is 0 Å². The van der Waals surface area contributed by atoms with E-state index in [2.05, 4.69) is 22.9 Å². The highest BCUT2D eigenvalue weighted by molar-refractivity contribution is 5.94. The van der Waals surface area contributed by atoms with Crippen LogP contribution in [-0.4, -0.2) is 48.6 Å². The van der Waals surface area contributed by atoms with E-state index in [1.165, 1.54) is 0 Å². The fourth-order valence-corrected chi connectivity index (χ4v) is 2.57. The summed E-state index contributed by atoms with van der Waals surface area (Å²) in [5.41, 5.74) is 1.66. The molecule has 1 aromatic carbocycles. The third-order valence-corrected chi connectivity index (χ3v) is 3.84. The van der Waals surface area contributed by atoms with Gasteiger partial charge in [-0.05, 0) is 38.5 Å². The fraction of sp³-hybridized carbons (Fsp3) is 0.529. The lowest BCUT2D eigenvalue weighted by Crippen LogP contribution is -2.52. The minimum atomic E-state index is -0.185. The summed E-state index contributed by atoms with van der Waals surface area (Å²) in [6.07, 6.45) is 0. The van der Waals surface area contributed by atoms with Gasteiger partial charge >= 0.3 is 6.03 Å². The van der Waals surface area contributed by atoms with Crippen molar-refractivity contribution >= 4 is 11.9 Å². The van der Waals surface area contributed by atoms with Crippen LogP contribution in [0.1, 0.15) is 36.7 Å². The van der Waals surface area contributed by atoms with Crippen molar-refractivity contribution in [1.29, 1.82) is 0 Å². The molecule has 6 nitrogen and oxygen atoms in total. The minimum Gasteiger partial charge on any atom is -0.336 e. The Bertz CT molecular complexity index is 542. The fourth-order valence-electron chi connectivity index (χ4n) is 2.57. The Labute approximate surface area is 137 Å². The van der Waals surface area contributed by atoms with Crippen LogP contribution in [0.4, 0.5) is 4.79 Å². The molecule has 3 N–H and O–H groups in total. The summed E-state index contributed by atoms with van der Waals surface area (Å²) in [5, 5.41) is 8.85. The molecule has 6 heteroatoms. The smallest absolute Gasteiger partial charge is 0.315 e. The molecule has 1 aliphatic heterocycles.